The Kier molecular flexibility index (Phi) is 14.2. The Labute approximate surface area is 199 Å². The normalized spacial score (nSPS) is 9.54. The van der Waals surface area contributed by atoms with Crippen molar-refractivity contribution in [3.8, 4) is 22.6 Å². The number of unbranched alkanes of at least 4 members (excludes halogenated alkanes) is 1. The molecule has 0 saturated carbocycles. The summed E-state index contributed by atoms with van der Waals surface area (Å²) >= 11 is 1.67. The summed E-state index contributed by atoms with van der Waals surface area (Å²) < 4.78 is 11.4. The third-order valence-electron chi connectivity index (χ3n) is 4.71. The van der Waals surface area contributed by atoms with Gasteiger partial charge >= 0.3 is 163 Å². The van der Waals surface area contributed by atoms with Crippen LogP contribution in [0.4, 0.5) is 0 Å². The standard InChI is InChI=1S/C21H26O3.3ClH.Ti/c1-6-7-8-19(23)24-18-12-10-14(3)16(5)21(18)20-15(4)13(2)9-11-17(20)22;;;;/h9-12,22H,6-8H2,1-5H3;3*1H;/q;;;;+4/p-4. The molecule has 2 aromatic carbocycles. The van der Waals surface area contributed by atoms with E-state index in [1.54, 1.807) is 20.8 Å². The van der Waals surface area contributed by atoms with E-state index < -0.39 is 0 Å². The molecule has 28 heavy (non-hydrogen) atoms. The molecule has 0 aliphatic carbocycles. The minimum Gasteiger partial charge on any atom is -1.00 e. The topological polar surface area (TPSA) is 35.5 Å². The van der Waals surface area contributed by atoms with Gasteiger partial charge in [-0.15, -0.1) is 0 Å². The van der Waals surface area contributed by atoms with Gasteiger partial charge in [0.2, 0.25) is 0 Å². The predicted octanol–water partition coefficient (Wildman–Crippen LogP) is -3.46. The maximum atomic E-state index is 12.2. The number of carbonyl (C=O) groups excluding carboxylic acids is 1. The minimum atomic E-state index is -0.185. The second-order valence-corrected chi connectivity index (χ2v) is 6.76. The van der Waals surface area contributed by atoms with E-state index in [9.17, 15) is 4.79 Å². The molecule has 0 aromatic heterocycles. The summed E-state index contributed by atoms with van der Waals surface area (Å²) in [5.74, 6) is 1.22. The van der Waals surface area contributed by atoms with E-state index in [0.29, 0.717) is 12.2 Å². The Morgan fingerprint density at radius 1 is 0.857 bits per heavy atom. The molecule has 0 unspecified atom stereocenters. The molecule has 0 aliphatic heterocycles. The van der Waals surface area contributed by atoms with Gasteiger partial charge in [-0.1, -0.05) is 0 Å². The molecule has 0 aliphatic rings. The molecule has 0 spiro atoms. The summed E-state index contributed by atoms with van der Waals surface area (Å²) in [6.07, 6.45) is 2.25. The van der Waals surface area contributed by atoms with E-state index in [2.05, 4.69) is 40.7 Å². The number of aryl methyl sites for hydroxylation is 2. The third-order valence-corrected chi connectivity index (χ3v) is 5.06. The molecule has 2 aromatic rings. The van der Waals surface area contributed by atoms with E-state index in [4.69, 9.17) is 8.06 Å². The van der Waals surface area contributed by atoms with Crippen LogP contribution < -0.4 is 45.3 Å². The number of halogens is 3. The van der Waals surface area contributed by atoms with Crippen LogP contribution >= 0.6 is 0 Å². The van der Waals surface area contributed by atoms with Crippen molar-refractivity contribution >= 4 is 5.97 Å². The molecule has 0 bridgehead atoms. The first-order chi connectivity index (χ1) is 11.9. The largest absolute Gasteiger partial charge is 1.00 e. The van der Waals surface area contributed by atoms with E-state index in [1.165, 1.54) is 5.56 Å². The number of hydrogen-bond donors (Lipinski definition) is 0. The average molecular weight is 480 g/mol. The molecule has 0 fully saturated rings. The van der Waals surface area contributed by atoms with Gasteiger partial charge in [0.05, 0.1) is 0 Å². The van der Waals surface area contributed by atoms with Crippen molar-refractivity contribution < 1.29 is 70.9 Å². The molecule has 0 amide bonds. The number of rotatable bonds is 6. The first kappa shape index (κ1) is 29.5. The van der Waals surface area contributed by atoms with Gasteiger partial charge in [0, 0.05) is 0 Å². The number of hydrogen-bond acceptors (Lipinski definition) is 3. The Morgan fingerprint density at radius 2 is 1.32 bits per heavy atom. The summed E-state index contributed by atoms with van der Waals surface area (Å²) in [5.41, 5.74) is 6.53. The van der Waals surface area contributed by atoms with Crippen LogP contribution in [0.15, 0.2) is 24.3 Å². The molecule has 0 radical (unpaired) electrons. The van der Waals surface area contributed by atoms with Crippen molar-refractivity contribution in [1.82, 2.24) is 0 Å². The van der Waals surface area contributed by atoms with Crippen molar-refractivity contribution in [1.29, 1.82) is 0 Å². The van der Waals surface area contributed by atoms with Gasteiger partial charge in [-0.3, -0.25) is 0 Å². The minimum absolute atomic E-state index is 0. The first-order valence-corrected chi connectivity index (χ1v) is 9.29. The fourth-order valence-electron chi connectivity index (χ4n) is 2.87. The number of benzene rings is 2. The third kappa shape index (κ3) is 6.67. The van der Waals surface area contributed by atoms with E-state index in [0.717, 1.165) is 46.4 Å². The van der Waals surface area contributed by atoms with Crippen LogP contribution in [0.25, 0.3) is 11.1 Å². The summed E-state index contributed by atoms with van der Waals surface area (Å²) in [4.78, 5) is 12.2. The Bertz CT molecular complexity index is 795. The monoisotopic (exact) mass is 478 g/mol. The summed E-state index contributed by atoms with van der Waals surface area (Å²) in [7, 11) is 0. The molecular weight excluding hydrogens is 454 g/mol. The zero-order valence-electron chi connectivity index (χ0n) is 16.8. The van der Waals surface area contributed by atoms with Gasteiger partial charge in [-0.05, 0) is 0 Å². The van der Waals surface area contributed by atoms with Gasteiger partial charge in [-0.25, -0.2) is 0 Å². The van der Waals surface area contributed by atoms with Crippen LogP contribution in [0.3, 0.4) is 0 Å². The maximum Gasteiger partial charge on any atom is -1.00 e. The SMILES string of the molecule is CCCCC(=O)Oc1ccc(C)c(C)c1-c1c([O][Ti+3])ccc(C)c1C.[Cl-].[Cl-].[Cl-]. The summed E-state index contributed by atoms with van der Waals surface area (Å²) in [6.45, 7) is 10.4. The van der Waals surface area contributed by atoms with Gasteiger partial charge in [0.15, 0.2) is 0 Å². The van der Waals surface area contributed by atoms with Gasteiger partial charge in [0.25, 0.3) is 0 Å². The van der Waals surface area contributed by atoms with Gasteiger partial charge < -0.3 is 37.2 Å². The van der Waals surface area contributed by atoms with E-state index in [-0.39, 0.29) is 43.2 Å². The molecule has 3 nitrogen and oxygen atoms in total. The quantitative estimate of drug-likeness (QED) is 0.246. The van der Waals surface area contributed by atoms with Crippen LogP contribution in [0.5, 0.6) is 11.5 Å². The van der Waals surface area contributed by atoms with E-state index >= 15 is 0 Å². The zero-order chi connectivity index (χ0) is 18.6. The zero-order valence-corrected chi connectivity index (χ0v) is 20.6. The Balaban J connectivity index is 0. The number of ether oxygens (including phenoxy) is 1. The molecule has 0 atom stereocenters. The fraction of sp³-hybridized carbons (Fsp3) is 0.381. The van der Waals surface area contributed by atoms with Crippen LogP contribution in [0, 0.1) is 27.7 Å². The molecule has 0 heterocycles. The number of esters is 1. The van der Waals surface area contributed by atoms with Crippen LogP contribution in [0.1, 0.15) is 48.4 Å². The van der Waals surface area contributed by atoms with Crippen LogP contribution in [0.2, 0.25) is 0 Å². The molecule has 2 rings (SSSR count). The molecular formula is C21H25Cl3O3Ti. The smallest absolute Gasteiger partial charge is 1.00 e. The second-order valence-electron chi connectivity index (χ2n) is 6.44. The first-order valence-electron chi connectivity index (χ1n) is 8.65. The molecule has 7 heteroatoms. The van der Waals surface area contributed by atoms with Gasteiger partial charge in [-0.2, -0.15) is 0 Å². The predicted molar refractivity (Wildman–Crippen MR) is 96.6 cm³/mol. The van der Waals surface area contributed by atoms with Gasteiger partial charge in [0.1, 0.15) is 0 Å². The average Bonchev–Trinajstić information content (AvgIpc) is 2.59. The maximum absolute atomic E-state index is 12.2. The molecule has 0 N–H and O–H groups in total. The van der Waals surface area contributed by atoms with Crippen molar-refractivity contribution in [2.45, 2.75) is 53.9 Å². The van der Waals surface area contributed by atoms with Crippen molar-refractivity contribution in [3.63, 3.8) is 0 Å². The van der Waals surface area contributed by atoms with Crippen LogP contribution in [-0.2, 0) is 25.6 Å². The Morgan fingerprint density at radius 3 is 1.79 bits per heavy atom. The summed E-state index contributed by atoms with van der Waals surface area (Å²) in [5, 5.41) is 0. The van der Waals surface area contributed by atoms with Crippen molar-refractivity contribution in [3.05, 3.63) is 46.5 Å². The fourth-order valence-corrected chi connectivity index (χ4v) is 3.13. The summed E-state index contributed by atoms with van der Waals surface area (Å²) in [6, 6.07) is 7.92. The molecule has 0 saturated heterocycles. The molecule has 152 valence electrons. The second kappa shape index (κ2) is 13.5. The van der Waals surface area contributed by atoms with Crippen LogP contribution in [-0.4, -0.2) is 5.97 Å². The van der Waals surface area contributed by atoms with Crippen molar-refractivity contribution in [2.24, 2.45) is 0 Å². The van der Waals surface area contributed by atoms with E-state index in [1.807, 2.05) is 18.2 Å². The Hall–Kier alpha value is -0.706. The van der Waals surface area contributed by atoms with Crippen molar-refractivity contribution in [2.75, 3.05) is 0 Å². The number of carbonyl (C=O) groups is 1.